The third-order valence-corrected chi connectivity index (χ3v) is 4.57. The van der Waals surface area contributed by atoms with E-state index in [-0.39, 0.29) is 12.3 Å². The van der Waals surface area contributed by atoms with Crippen molar-refractivity contribution in [2.24, 2.45) is 5.73 Å². The molecule has 0 aromatic heterocycles. The number of nitrogens with two attached hydrogens (primary N) is 1. The van der Waals surface area contributed by atoms with Gasteiger partial charge in [0.1, 0.15) is 0 Å². The molecule has 0 unspecified atom stereocenters. The number of hydrogen-bond donors (Lipinski definition) is 1. The van der Waals surface area contributed by atoms with Gasteiger partial charge >= 0.3 is 0 Å². The predicted octanol–water partition coefficient (Wildman–Crippen LogP) is 0.853. The largest absolute Gasteiger partial charge is 0.454 e. The highest BCUT2D eigenvalue weighted by Gasteiger charge is 2.39. The minimum Gasteiger partial charge on any atom is -0.454 e. The normalized spacial score (nSPS) is 19.9. The first-order chi connectivity index (χ1) is 8.37. The maximum absolute atomic E-state index is 11.8. The smallest absolute Gasteiger partial charge is 0.231 e. The summed E-state index contributed by atoms with van der Waals surface area (Å²) in [5, 5.41) is 0. The molecule has 3 rings (SSSR count). The van der Waals surface area contributed by atoms with Crippen LogP contribution in [0.25, 0.3) is 0 Å². The summed E-state index contributed by atoms with van der Waals surface area (Å²) in [7, 11) is -3.29. The Morgan fingerprint density at radius 1 is 1.28 bits per heavy atom. The van der Waals surface area contributed by atoms with Gasteiger partial charge < -0.3 is 15.2 Å². The molecule has 0 radical (unpaired) electrons. The van der Waals surface area contributed by atoms with E-state index in [0.29, 0.717) is 22.8 Å². The van der Waals surface area contributed by atoms with Crippen LogP contribution in [0.4, 0.5) is 0 Å². The SMILES string of the molecule is CS(=O)(=O)c1cc2c(cc1CC1(N)CC1)OCO2. The molecule has 1 aliphatic heterocycles. The maximum atomic E-state index is 11.8. The molecule has 1 heterocycles. The van der Waals surface area contributed by atoms with E-state index in [9.17, 15) is 8.42 Å². The van der Waals surface area contributed by atoms with Crippen LogP contribution in [0.15, 0.2) is 17.0 Å². The Bertz CT molecular complexity index is 605. The lowest BCUT2D eigenvalue weighted by Gasteiger charge is -2.13. The van der Waals surface area contributed by atoms with Gasteiger partial charge in [0.15, 0.2) is 21.3 Å². The van der Waals surface area contributed by atoms with Gasteiger partial charge in [0.25, 0.3) is 0 Å². The Balaban J connectivity index is 2.09. The third-order valence-electron chi connectivity index (χ3n) is 3.39. The van der Waals surface area contributed by atoms with Gasteiger partial charge in [0.2, 0.25) is 6.79 Å². The Morgan fingerprint density at radius 3 is 2.44 bits per heavy atom. The van der Waals surface area contributed by atoms with Gasteiger partial charge in [0, 0.05) is 17.9 Å². The van der Waals surface area contributed by atoms with Crippen LogP contribution < -0.4 is 15.2 Å². The van der Waals surface area contributed by atoms with E-state index in [0.717, 1.165) is 18.4 Å². The van der Waals surface area contributed by atoms with Gasteiger partial charge in [-0.1, -0.05) is 0 Å². The topological polar surface area (TPSA) is 78.6 Å². The Labute approximate surface area is 106 Å². The van der Waals surface area contributed by atoms with Gasteiger partial charge in [-0.3, -0.25) is 0 Å². The van der Waals surface area contributed by atoms with Crippen molar-refractivity contribution in [2.75, 3.05) is 13.0 Å². The summed E-state index contributed by atoms with van der Waals surface area (Å²) in [4.78, 5) is 0.295. The lowest BCUT2D eigenvalue weighted by atomic mass is 10.0. The first-order valence-corrected chi connectivity index (χ1v) is 7.68. The molecule has 2 N–H and O–H groups in total. The highest BCUT2D eigenvalue weighted by atomic mass is 32.2. The lowest BCUT2D eigenvalue weighted by Crippen LogP contribution is -2.25. The van der Waals surface area contributed by atoms with Crippen LogP contribution in [-0.4, -0.2) is 27.0 Å². The van der Waals surface area contributed by atoms with Gasteiger partial charge in [-0.15, -0.1) is 0 Å². The van der Waals surface area contributed by atoms with Crippen LogP contribution in [0.5, 0.6) is 11.5 Å². The Kier molecular flexibility index (Phi) is 2.37. The van der Waals surface area contributed by atoms with E-state index < -0.39 is 9.84 Å². The summed E-state index contributed by atoms with van der Waals surface area (Å²) >= 11 is 0. The van der Waals surface area contributed by atoms with Crippen LogP contribution in [0.3, 0.4) is 0 Å². The maximum Gasteiger partial charge on any atom is 0.231 e. The monoisotopic (exact) mass is 269 g/mol. The summed E-state index contributed by atoms with van der Waals surface area (Å²) in [6.45, 7) is 0.135. The van der Waals surface area contributed by atoms with E-state index in [2.05, 4.69) is 0 Å². The molecule has 1 fully saturated rings. The van der Waals surface area contributed by atoms with Gasteiger partial charge in [0.05, 0.1) is 4.90 Å². The standard InChI is InChI=1S/C12H15NO4S/c1-18(14,15)11-5-10-9(16-7-17-10)4-8(11)6-12(13)2-3-12/h4-5H,2-3,6-7,13H2,1H3. The fraction of sp³-hybridized carbons (Fsp3) is 0.500. The van der Waals surface area contributed by atoms with Crippen molar-refractivity contribution >= 4 is 9.84 Å². The molecule has 0 bridgehead atoms. The zero-order valence-corrected chi connectivity index (χ0v) is 10.9. The fourth-order valence-corrected chi connectivity index (χ4v) is 3.09. The average Bonchev–Trinajstić information content (AvgIpc) is 2.82. The van der Waals surface area contributed by atoms with Crippen molar-refractivity contribution in [1.82, 2.24) is 0 Å². The van der Waals surface area contributed by atoms with Crippen molar-refractivity contribution in [3.8, 4) is 11.5 Å². The number of fused-ring (bicyclic) bond motifs is 1. The van der Waals surface area contributed by atoms with E-state index in [1.54, 1.807) is 12.1 Å². The zero-order chi connectivity index (χ0) is 13.0. The molecule has 1 aromatic rings. The van der Waals surface area contributed by atoms with Crippen LogP contribution in [0.1, 0.15) is 18.4 Å². The predicted molar refractivity (Wildman–Crippen MR) is 65.5 cm³/mol. The van der Waals surface area contributed by atoms with Crippen LogP contribution in [0.2, 0.25) is 0 Å². The summed E-state index contributed by atoms with van der Waals surface area (Å²) in [5.74, 6) is 1.09. The summed E-state index contributed by atoms with van der Waals surface area (Å²) in [6.07, 6.45) is 3.63. The molecule has 0 saturated heterocycles. The number of ether oxygens (including phenoxy) is 2. The quantitative estimate of drug-likeness (QED) is 0.880. The third kappa shape index (κ3) is 2.06. The number of sulfone groups is 1. The molecule has 1 saturated carbocycles. The molecule has 1 aromatic carbocycles. The molecule has 18 heavy (non-hydrogen) atoms. The van der Waals surface area contributed by atoms with Crippen molar-refractivity contribution in [3.63, 3.8) is 0 Å². The molecular formula is C12H15NO4S. The molecule has 1 aliphatic carbocycles. The van der Waals surface area contributed by atoms with Crippen LogP contribution >= 0.6 is 0 Å². The number of hydrogen-bond acceptors (Lipinski definition) is 5. The minimum atomic E-state index is -3.29. The molecule has 0 atom stereocenters. The second-order valence-electron chi connectivity index (χ2n) is 5.12. The van der Waals surface area contributed by atoms with E-state index in [4.69, 9.17) is 15.2 Å². The van der Waals surface area contributed by atoms with Crippen molar-refractivity contribution in [3.05, 3.63) is 17.7 Å². The first kappa shape index (κ1) is 11.8. The number of benzene rings is 1. The van der Waals surface area contributed by atoms with E-state index in [1.165, 1.54) is 6.26 Å². The summed E-state index contributed by atoms with van der Waals surface area (Å²) < 4.78 is 34.1. The van der Waals surface area contributed by atoms with Crippen molar-refractivity contribution in [2.45, 2.75) is 29.7 Å². The van der Waals surface area contributed by atoms with E-state index >= 15 is 0 Å². The summed E-state index contributed by atoms with van der Waals surface area (Å²) in [6, 6.07) is 3.28. The van der Waals surface area contributed by atoms with E-state index in [1.807, 2.05) is 0 Å². The molecule has 6 heteroatoms. The number of rotatable bonds is 3. The molecule has 0 spiro atoms. The highest BCUT2D eigenvalue weighted by Crippen LogP contribution is 2.41. The van der Waals surface area contributed by atoms with Gasteiger partial charge in [-0.2, -0.15) is 0 Å². The molecule has 5 nitrogen and oxygen atoms in total. The van der Waals surface area contributed by atoms with Crippen LogP contribution in [0, 0.1) is 0 Å². The lowest BCUT2D eigenvalue weighted by molar-refractivity contribution is 0.174. The van der Waals surface area contributed by atoms with Crippen molar-refractivity contribution in [1.29, 1.82) is 0 Å². The molecule has 2 aliphatic rings. The second kappa shape index (κ2) is 3.61. The van der Waals surface area contributed by atoms with Gasteiger partial charge in [-0.05, 0) is 30.9 Å². The average molecular weight is 269 g/mol. The first-order valence-electron chi connectivity index (χ1n) is 5.79. The Morgan fingerprint density at radius 2 is 1.89 bits per heavy atom. The molecule has 0 amide bonds. The molecule has 98 valence electrons. The summed E-state index contributed by atoms with van der Waals surface area (Å²) in [5.41, 5.74) is 6.55. The molecular weight excluding hydrogens is 254 g/mol. The van der Waals surface area contributed by atoms with Crippen LogP contribution in [-0.2, 0) is 16.3 Å². The second-order valence-corrected chi connectivity index (χ2v) is 7.11. The Hall–Kier alpha value is -1.27. The van der Waals surface area contributed by atoms with Gasteiger partial charge in [-0.25, -0.2) is 8.42 Å². The fourth-order valence-electron chi connectivity index (χ4n) is 2.17. The minimum absolute atomic E-state index is 0.135. The highest BCUT2D eigenvalue weighted by molar-refractivity contribution is 7.90. The van der Waals surface area contributed by atoms with Crippen molar-refractivity contribution < 1.29 is 17.9 Å². The zero-order valence-electron chi connectivity index (χ0n) is 10.1.